The van der Waals surface area contributed by atoms with E-state index in [-0.39, 0.29) is 11.7 Å². The summed E-state index contributed by atoms with van der Waals surface area (Å²) in [6.07, 6.45) is 0.885. The van der Waals surface area contributed by atoms with E-state index in [1.807, 2.05) is 48.5 Å². The van der Waals surface area contributed by atoms with E-state index >= 15 is 0 Å². The number of hydrogen-bond acceptors (Lipinski definition) is 3. The molecular formula is C16H18N4S. The minimum absolute atomic E-state index is 0.153. The second-order valence-corrected chi connectivity index (χ2v) is 5.81. The van der Waals surface area contributed by atoms with E-state index in [1.54, 1.807) is 11.8 Å². The highest BCUT2D eigenvalue weighted by Gasteiger charge is 2.09. The molecule has 108 valence electrons. The second kappa shape index (κ2) is 6.95. The van der Waals surface area contributed by atoms with Crippen LogP contribution in [0, 0.1) is 10.8 Å². The predicted octanol–water partition coefficient (Wildman–Crippen LogP) is 2.79. The fourth-order valence-electron chi connectivity index (χ4n) is 2.03. The summed E-state index contributed by atoms with van der Waals surface area (Å²) in [5.74, 6) is 0.306. The van der Waals surface area contributed by atoms with E-state index in [4.69, 9.17) is 22.3 Å². The van der Waals surface area contributed by atoms with Gasteiger partial charge in [0.15, 0.2) is 0 Å². The average Bonchev–Trinajstić information content (AvgIpc) is 2.42. The summed E-state index contributed by atoms with van der Waals surface area (Å²) in [5, 5.41) is 14.9. The lowest BCUT2D eigenvalue weighted by Crippen LogP contribution is -2.13. The molecule has 0 aromatic heterocycles. The Balaban J connectivity index is 2.30. The number of nitrogens with two attached hydrogens (primary N) is 2. The molecule has 2 aromatic rings. The molecule has 4 nitrogen and oxygen atoms in total. The van der Waals surface area contributed by atoms with E-state index in [0.29, 0.717) is 12.8 Å². The van der Waals surface area contributed by atoms with Crippen molar-refractivity contribution >= 4 is 23.4 Å². The van der Waals surface area contributed by atoms with Gasteiger partial charge in [-0.05, 0) is 23.3 Å². The number of nitrogens with one attached hydrogen (secondary N) is 2. The monoisotopic (exact) mass is 298 g/mol. The van der Waals surface area contributed by atoms with Crippen molar-refractivity contribution in [2.24, 2.45) is 11.5 Å². The lowest BCUT2D eigenvalue weighted by Gasteiger charge is -2.11. The Morgan fingerprint density at radius 2 is 1.14 bits per heavy atom. The standard InChI is InChI=1S/C16H18N4S/c17-15(18)9-11-5-1-3-7-13(11)21-14-8-4-2-6-12(14)10-16(19)20/h1-8H,9-10H2,(H3,17,18)(H3,19,20). The maximum absolute atomic E-state index is 7.47. The smallest absolute Gasteiger partial charge is 0.0950 e. The van der Waals surface area contributed by atoms with Gasteiger partial charge in [0.05, 0.1) is 11.7 Å². The number of amidine groups is 2. The number of benzene rings is 2. The van der Waals surface area contributed by atoms with Gasteiger partial charge in [-0.3, -0.25) is 10.8 Å². The molecule has 0 aliphatic rings. The lowest BCUT2D eigenvalue weighted by molar-refractivity contribution is 1.15. The van der Waals surface area contributed by atoms with Crippen LogP contribution in [0.1, 0.15) is 11.1 Å². The summed E-state index contributed by atoms with van der Waals surface area (Å²) in [6.45, 7) is 0. The molecule has 0 aliphatic heterocycles. The van der Waals surface area contributed by atoms with Gasteiger partial charge in [0.25, 0.3) is 0 Å². The highest BCUT2D eigenvalue weighted by molar-refractivity contribution is 7.99. The average molecular weight is 298 g/mol. The highest BCUT2D eigenvalue weighted by Crippen LogP contribution is 2.33. The molecule has 0 unspecified atom stereocenters. The van der Waals surface area contributed by atoms with E-state index in [0.717, 1.165) is 20.9 Å². The lowest BCUT2D eigenvalue weighted by atomic mass is 10.1. The summed E-state index contributed by atoms with van der Waals surface area (Å²) in [6, 6.07) is 15.8. The van der Waals surface area contributed by atoms with Gasteiger partial charge in [-0.1, -0.05) is 48.2 Å². The van der Waals surface area contributed by atoms with Crippen LogP contribution >= 0.6 is 11.8 Å². The Hall–Kier alpha value is -2.27. The SMILES string of the molecule is N=C(N)Cc1ccccc1Sc1ccccc1CC(=N)N. The minimum atomic E-state index is 0.153. The Bertz CT molecular complexity index is 609. The van der Waals surface area contributed by atoms with Crippen molar-refractivity contribution in [1.82, 2.24) is 0 Å². The Morgan fingerprint density at radius 3 is 1.52 bits per heavy atom. The van der Waals surface area contributed by atoms with Crippen molar-refractivity contribution in [2.45, 2.75) is 22.6 Å². The zero-order chi connectivity index (χ0) is 15.2. The van der Waals surface area contributed by atoms with Gasteiger partial charge in [-0.15, -0.1) is 0 Å². The number of rotatable bonds is 6. The zero-order valence-corrected chi connectivity index (χ0v) is 12.4. The molecule has 0 fully saturated rings. The summed E-state index contributed by atoms with van der Waals surface area (Å²) < 4.78 is 0. The second-order valence-electron chi connectivity index (χ2n) is 4.72. The summed E-state index contributed by atoms with van der Waals surface area (Å²) >= 11 is 1.62. The molecule has 21 heavy (non-hydrogen) atoms. The van der Waals surface area contributed by atoms with Crippen molar-refractivity contribution in [3.8, 4) is 0 Å². The van der Waals surface area contributed by atoms with Gasteiger partial charge in [0.1, 0.15) is 0 Å². The molecule has 0 radical (unpaired) electrons. The van der Waals surface area contributed by atoms with Crippen LogP contribution in [-0.4, -0.2) is 11.7 Å². The predicted molar refractivity (Wildman–Crippen MR) is 88.2 cm³/mol. The molecule has 2 rings (SSSR count). The molecule has 0 atom stereocenters. The van der Waals surface area contributed by atoms with E-state index < -0.39 is 0 Å². The van der Waals surface area contributed by atoms with Crippen LogP contribution in [0.3, 0.4) is 0 Å². The fourth-order valence-corrected chi connectivity index (χ4v) is 3.10. The van der Waals surface area contributed by atoms with Crippen LogP contribution in [0.25, 0.3) is 0 Å². The highest BCUT2D eigenvalue weighted by atomic mass is 32.2. The van der Waals surface area contributed by atoms with Gasteiger partial charge in [0, 0.05) is 22.6 Å². The quantitative estimate of drug-likeness (QED) is 0.487. The first-order valence-electron chi connectivity index (χ1n) is 6.55. The molecule has 6 N–H and O–H groups in total. The van der Waals surface area contributed by atoms with E-state index in [9.17, 15) is 0 Å². The Kier molecular flexibility index (Phi) is 5.00. The van der Waals surface area contributed by atoms with Crippen LogP contribution in [-0.2, 0) is 12.8 Å². The Labute approximate surface area is 128 Å². The van der Waals surface area contributed by atoms with Crippen LogP contribution < -0.4 is 11.5 Å². The van der Waals surface area contributed by atoms with Gasteiger partial charge in [0.2, 0.25) is 0 Å². The van der Waals surface area contributed by atoms with Crippen LogP contribution in [0.5, 0.6) is 0 Å². The van der Waals surface area contributed by atoms with Crippen molar-refractivity contribution in [3.05, 3.63) is 59.7 Å². The maximum atomic E-state index is 7.47. The maximum Gasteiger partial charge on any atom is 0.0950 e. The number of hydrogen-bond donors (Lipinski definition) is 4. The van der Waals surface area contributed by atoms with Crippen LogP contribution in [0.15, 0.2) is 58.3 Å². The van der Waals surface area contributed by atoms with E-state index in [2.05, 4.69) is 0 Å². The molecule has 0 heterocycles. The van der Waals surface area contributed by atoms with Gasteiger partial charge in [-0.2, -0.15) is 0 Å². The molecule has 5 heteroatoms. The summed E-state index contributed by atoms with van der Waals surface area (Å²) in [7, 11) is 0. The third-order valence-corrected chi connectivity index (χ3v) is 4.16. The molecule has 0 amide bonds. The van der Waals surface area contributed by atoms with Crippen molar-refractivity contribution in [3.63, 3.8) is 0 Å². The van der Waals surface area contributed by atoms with Gasteiger partial charge in [-0.25, -0.2) is 0 Å². The summed E-state index contributed by atoms with van der Waals surface area (Å²) in [4.78, 5) is 2.15. The summed E-state index contributed by atoms with van der Waals surface area (Å²) in [5.41, 5.74) is 13.1. The van der Waals surface area contributed by atoms with Crippen LogP contribution in [0.4, 0.5) is 0 Å². The van der Waals surface area contributed by atoms with Crippen molar-refractivity contribution < 1.29 is 0 Å². The first kappa shape index (κ1) is 15.1. The topological polar surface area (TPSA) is 99.7 Å². The largest absolute Gasteiger partial charge is 0.387 e. The molecule has 0 aliphatic carbocycles. The van der Waals surface area contributed by atoms with Crippen LogP contribution in [0.2, 0.25) is 0 Å². The Morgan fingerprint density at radius 1 is 0.762 bits per heavy atom. The van der Waals surface area contributed by atoms with E-state index in [1.165, 1.54) is 0 Å². The molecule has 0 saturated carbocycles. The first-order valence-corrected chi connectivity index (χ1v) is 7.37. The van der Waals surface area contributed by atoms with Crippen molar-refractivity contribution in [2.75, 3.05) is 0 Å². The van der Waals surface area contributed by atoms with Crippen molar-refractivity contribution in [1.29, 1.82) is 10.8 Å². The molecule has 0 bridgehead atoms. The molecule has 0 saturated heterocycles. The molecular weight excluding hydrogens is 280 g/mol. The van der Waals surface area contributed by atoms with Gasteiger partial charge >= 0.3 is 0 Å². The first-order chi connectivity index (χ1) is 10.1. The molecule has 2 aromatic carbocycles. The van der Waals surface area contributed by atoms with Gasteiger partial charge < -0.3 is 11.5 Å². The normalized spacial score (nSPS) is 10.3. The third kappa shape index (κ3) is 4.36. The fraction of sp³-hybridized carbons (Fsp3) is 0.125. The minimum Gasteiger partial charge on any atom is -0.387 e. The zero-order valence-electron chi connectivity index (χ0n) is 11.6. The third-order valence-electron chi connectivity index (χ3n) is 2.93. The molecule has 0 spiro atoms.